The Bertz CT molecular complexity index is 904. The minimum absolute atomic E-state index is 0.125. The summed E-state index contributed by atoms with van der Waals surface area (Å²) in [6, 6.07) is 0. The molecule has 4 rings (SSSR count). The zero-order valence-corrected chi connectivity index (χ0v) is 18.9. The van der Waals surface area contributed by atoms with Gasteiger partial charge in [0.15, 0.2) is 17.2 Å². The molecule has 0 spiro atoms. The number of aliphatic hydroxyl groups excluding tert-OH is 1. The van der Waals surface area contributed by atoms with Gasteiger partial charge in [-0.05, 0) is 49.7 Å². The molecular formula is C23H29ClF2O5. The third kappa shape index (κ3) is 2.52. The van der Waals surface area contributed by atoms with Gasteiger partial charge >= 0.3 is 0 Å². The summed E-state index contributed by atoms with van der Waals surface area (Å²) in [7, 11) is 1.35. The van der Waals surface area contributed by atoms with Crippen LogP contribution in [0.5, 0.6) is 0 Å². The molecule has 4 aliphatic carbocycles. The number of ketones is 2. The number of rotatable bonds is 3. The van der Waals surface area contributed by atoms with E-state index in [2.05, 4.69) is 0 Å². The van der Waals surface area contributed by atoms with Gasteiger partial charge in [0.05, 0.1) is 11.1 Å². The third-order valence-corrected chi connectivity index (χ3v) is 9.38. The largest absolute Gasteiger partial charge is 0.390 e. The van der Waals surface area contributed by atoms with Crippen molar-refractivity contribution in [1.82, 2.24) is 0 Å². The van der Waals surface area contributed by atoms with E-state index in [9.17, 15) is 19.8 Å². The van der Waals surface area contributed by atoms with Gasteiger partial charge in [0, 0.05) is 23.9 Å². The molecule has 3 fully saturated rings. The zero-order valence-electron chi connectivity index (χ0n) is 18.1. The molecule has 0 aromatic heterocycles. The molecule has 2 N–H and O–H groups in total. The first kappa shape index (κ1) is 23.0. The number of ether oxygens (including phenoxy) is 1. The maximum absolute atomic E-state index is 17.1. The SMILES string of the molecule is COCC(=O)[C@@]1(O)[C@H](C)C[C@H]2[C@@H]3C[C@H](F)C4=C(Cl)C(=O)C=C[C@]4(C)[C@@]3(F)[C@@H](O)C[C@@]21C. The Balaban J connectivity index is 1.87. The van der Waals surface area contributed by atoms with E-state index in [-0.39, 0.29) is 30.1 Å². The van der Waals surface area contributed by atoms with Crippen LogP contribution in [-0.2, 0) is 14.3 Å². The van der Waals surface area contributed by atoms with Crippen LogP contribution in [0.3, 0.4) is 0 Å². The van der Waals surface area contributed by atoms with Gasteiger partial charge < -0.3 is 14.9 Å². The summed E-state index contributed by atoms with van der Waals surface area (Å²) >= 11 is 6.14. The second-order valence-corrected chi connectivity index (χ2v) is 10.6. The highest BCUT2D eigenvalue weighted by molar-refractivity contribution is 6.45. The van der Waals surface area contributed by atoms with Crippen LogP contribution in [0.15, 0.2) is 22.8 Å². The Morgan fingerprint density at radius 3 is 2.58 bits per heavy atom. The molecule has 0 saturated heterocycles. The van der Waals surface area contributed by atoms with Crippen molar-refractivity contribution >= 4 is 23.2 Å². The van der Waals surface area contributed by atoms with Crippen LogP contribution >= 0.6 is 11.6 Å². The lowest BCUT2D eigenvalue weighted by molar-refractivity contribution is -0.224. The Hall–Kier alpha value is -1.15. The first-order chi connectivity index (χ1) is 14.3. The monoisotopic (exact) mass is 458 g/mol. The third-order valence-electron chi connectivity index (χ3n) is 8.99. The topological polar surface area (TPSA) is 83.8 Å². The van der Waals surface area contributed by atoms with Crippen LogP contribution in [0.4, 0.5) is 8.78 Å². The lowest BCUT2D eigenvalue weighted by Crippen LogP contribution is -2.70. The van der Waals surface area contributed by atoms with E-state index in [0.717, 1.165) is 6.08 Å². The van der Waals surface area contributed by atoms with Crippen molar-refractivity contribution in [2.24, 2.45) is 28.6 Å². The van der Waals surface area contributed by atoms with E-state index in [0.29, 0.717) is 6.42 Å². The number of aliphatic hydroxyl groups is 2. The summed E-state index contributed by atoms with van der Waals surface area (Å²) in [6.07, 6.45) is -0.962. The van der Waals surface area contributed by atoms with Gasteiger partial charge in [-0.25, -0.2) is 8.78 Å². The van der Waals surface area contributed by atoms with Crippen molar-refractivity contribution in [2.45, 2.75) is 63.6 Å². The Morgan fingerprint density at radius 1 is 1.32 bits per heavy atom. The predicted octanol–water partition coefficient (Wildman–Crippen LogP) is 3.06. The average molecular weight is 459 g/mol. The quantitative estimate of drug-likeness (QED) is 0.679. The summed E-state index contributed by atoms with van der Waals surface area (Å²) in [5, 5.41) is 22.5. The highest BCUT2D eigenvalue weighted by Crippen LogP contribution is 2.71. The van der Waals surface area contributed by atoms with Gasteiger partial charge in [-0.1, -0.05) is 31.5 Å². The van der Waals surface area contributed by atoms with E-state index in [1.54, 1.807) is 13.8 Å². The number of hydrogen-bond donors (Lipinski definition) is 2. The summed E-state index contributed by atoms with van der Waals surface area (Å²) in [5.74, 6) is -3.14. The molecule has 0 radical (unpaired) electrons. The van der Waals surface area contributed by atoms with E-state index >= 15 is 8.78 Å². The first-order valence-corrected chi connectivity index (χ1v) is 11.1. The average Bonchev–Trinajstić information content (AvgIpc) is 2.89. The minimum atomic E-state index is -2.30. The van der Waals surface area contributed by atoms with Crippen molar-refractivity contribution in [3.8, 4) is 0 Å². The number of fused-ring (bicyclic) bond motifs is 5. The summed E-state index contributed by atoms with van der Waals surface area (Å²) in [4.78, 5) is 25.0. The van der Waals surface area contributed by atoms with Crippen LogP contribution in [0.25, 0.3) is 0 Å². The molecule has 8 heteroatoms. The lowest BCUT2D eigenvalue weighted by Gasteiger charge is -2.63. The minimum Gasteiger partial charge on any atom is -0.390 e. The van der Waals surface area contributed by atoms with Crippen molar-refractivity contribution in [2.75, 3.05) is 13.7 Å². The molecule has 0 amide bonds. The molecule has 9 atom stereocenters. The second kappa shape index (κ2) is 6.92. The normalized spacial score (nSPS) is 51.4. The van der Waals surface area contributed by atoms with Gasteiger partial charge in [-0.2, -0.15) is 0 Å². The van der Waals surface area contributed by atoms with Crippen LogP contribution < -0.4 is 0 Å². The van der Waals surface area contributed by atoms with Gasteiger partial charge in [0.2, 0.25) is 0 Å². The number of Topliss-reactive ketones (excluding diaryl/α,β-unsaturated/α-hetero) is 1. The van der Waals surface area contributed by atoms with Gasteiger partial charge in [0.1, 0.15) is 18.4 Å². The molecule has 5 nitrogen and oxygen atoms in total. The van der Waals surface area contributed by atoms with Gasteiger partial charge in [-0.3, -0.25) is 9.59 Å². The Kier molecular flexibility index (Phi) is 5.14. The van der Waals surface area contributed by atoms with Crippen LogP contribution in [0.2, 0.25) is 0 Å². The molecule has 0 bridgehead atoms. The first-order valence-electron chi connectivity index (χ1n) is 10.7. The van der Waals surface area contributed by atoms with E-state index < -0.39 is 63.7 Å². The molecule has 172 valence electrons. The van der Waals surface area contributed by atoms with E-state index in [4.69, 9.17) is 16.3 Å². The number of alkyl halides is 2. The number of hydrogen-bond acceptors (Lipinski definition) is 5. The fourth-order valence-corrected chi connectivity index (χ4v) is 7.85. The predicted molar refractivity (Wildman–Crippen MR) is 110 cm³/mol. The number of carbonyl (C=O) groups excluding carboxylic acids is 2. The summed E-state index contributed by atoms with van der Waals surface area (Å²) in [6.45, 7) is 4.58. The molecule has 0 heterocycles. The molecule has 0 aromatic carbocycles. The summed E-state index contributed by atoms with van der Waals surface area (Å²) < 4.78 is 37.5. The highest BCUT2D eigenvalue weighted by atomic mass is 35.5. The fourth-order valence-electron chi connectivity index (χ4n) is 7.47. The van der Waals surface area contributed by atoms with Crippen molar-refractivity contribution in [3.63, 3.8) is 0 Å². The van der Waals surface area contributed by atoms with Crippen molar-refractivity contribution in [1.29, 1.82) is 0 Å². The molecule has 4 aliphatic rings. The maximum atomic E-state index is 17.1. The highest BCUT2D eigenvalue weighted by Gasteiger charge is 2.76. The number of allylic oxidation sites excluding steroid dienone is 4. The van der Waals surface area contributed by atoms with Crippen molar-refractivity contribution in [3.05, 3.63) is 22.8 Å². The van der Waals surface area contributed by atoms with E-state index in [1.165, 1.54) is 20.1 Å². The molecule has 31 heavy (non-hydrogen) atoms. The molecule has 3 saturated carbocycles. The Labute approximate surface area is 185 Å². The maximum Gasteiger partial charge on any atom is 0.196 e. The van der Waals surface area contributed by atoms with Gasteiger partial charge in [-0.15, -0.1) is 0 Å². The fraction of sp³-hybridized carbons (Fsp3) is 0.739. The van der Waals surface area contributed by atoms with Crippen LogP contribution in [0.1, 0.15) is 40.0 Å². The number of methoxy groups -OCH3 is 1. The van der Waals surface area contributed by atoms with Crippen molar-refractivity contribution < 1.29 is 33.3 Å². The standard InChI is InChI=1S/C23H29ClF2O5/c1-11-7-12-13-8-14(25)18-19(24)15(27)5-6-20(18,2)22(13,26)16(28)9-21(12,3)23(11,30)17(29)10-31-4/h5-6,11-14,16,28,30H,7-10H2,1-4H3/t11-,12+,13+,14+,16+,20+,21+,22+,23+/m1/s1. The zero-order chi connectivity index (χ0) is 23.1. The second-order valence-electron chi connectivity index (χ2n) is 10.2. The molecule has 0 aromatic rings. The van der Waals surface area contributed by atoms with E-state index in [1.807, 2.05) is 0 Å². The smallest absolute Gasteiger partial charge is 0.196 e. The molecular weight excluding hydrogens is 430 g/mol. The van der Waals surface area contributed by atoms with Crippen LogP contribution in [-0.4, -0.2) is 59.0 Å². The Morgan fingerprint density at radius 2 is 1.97 bits per heavy atom. The number of carbonyl (C=O) groups is 2. The molecule has 0 unspecified atom stereocenters. The molecule has 0 aliphatic heterocycles. The van der Waals surface area contributed by atoms with Gasteiger partial charge in [0.25, 0.3) is 0 Å². The van der Waals surface area contributed by atoms with Crippen LogP contribution in [0, 0.1) is 28.6 Å². The number of halogens is 3. The summed E-state index contributed by atoms with van der Waals surface area (Å²) in [5.41, 5.74) is -7.02. The lowest BCUT2D eigenvalue weighted by atomic mass is 9.44.